The largest absolute Gasteiger partial charge is 0.329 e. The van der Waals surface area contributed by atoms with Crippen LogP contribution in [0.25, 0.3) is 0 Å². The van der Waals surface area contributed by atoms with Crippen LogP contribution in [-0.2, 0) is 10.0 Å². The van der Waals surface area contributed by atoms with Gasteiger partial charge in [-0.25, -0.2) is 8.42 Å². The Morgan fingerprint density at radius 3 is 2.67 bits per heavy atom. The van der Waals surface area contributed by atoms with E-state index in [-0.39, 0.29) is 0 Å². The molecule has 2 N–H and O–H groups in total. The van der Waals surface area contributed by atoms with E-state index in [1.54, 1.807) is 17.5 Å². The minimum Gasteiger partial charge on any atom is -0.329 e. The second-order valence-electron chi connectivity index (χ2n) is 3.12. The Morgan fingerprint density at radius 2 is 2.20 bits per heavy atom. The standard InChI is InChI=1S/C9H16N2O2S2/c1-2-6-11(7-5-10)15(12,13)9-4-3-8-14-9/h3-4,8H,2,5-7,10H2,1H3. The maximum absolute atomic E-state index is 12.1. The Balaban J connectivity index is 2.91. The van der Waals surface area contributed by atoms with Crippen LogP contribution in [-0.4, -0.2) is 32.4 Å². The Morgan fingerprint density at radius 1 is 1.47 bits per heavy atom. The zero-order chi connectivity index (χ0) is 11.3. The van der Waals surface area contributed by atoms with E-state index in [4.69, 9.17) is 5.73 Å². The number of rotatable bonds is 6. The summed E-state index contributed by atoms with van der Waals surface area (Å²) in [5, 5.41) is 1.76. The Labute approximate surface area is 94.8 Å². The van der Waals surface area contributed by atoms with Crippen molar-refractivity contribution in [2.45, 2.75) is 17.6 Å². The molecule has 15 heavy (non-hydrogen) atoms. The highest BCUT2D eigenvalue weighted by Gasteiger charge is 2.23. The highest BCUT2D eigenvalue weighted by atomic mass is 32.2. The van der Waals surface area contributed by atoms with E-state index in [1.165, 1.54) is 15.6 Å². The van der Waals surface area contributed by atoms with Crippen molar-refractivity contribution < 1.29 is 8.42 Å². The third-order valence-corrected chi connectivity index (χ3v) is 5.21. The fourth-order valence-electron chi connectivity index (χ4n) is 1.28. The van der Waals surface area contributed by atoms with Crippen LogP contribution in [0.3, 0.4) is 0 Å². The Hall–Kier alpha value is -0.430. The third-order valence-electron chi connectivity index (χ3n) is 1.94. The van der Waals surface area contributed by atoms with Gasteiger partial charge in [0.15, 0.2) is 0 Å². The quantitative estimate of drug-likeness (QED) is 0.820. The molecule has 86 valence electrons. The normalized spacial score (nSPS) is 12.2. The van der Waals surface area contributed by atoms with E-state index >= 15 is 0 Å². The number of nitrogens with zero attached hydrogens (tertiary/aromatic N) is 1. The molecule has 0 aliphatic rings. The summed E-state index contributed by atoms with van der Waals surface area (Å²) in [6, 6.07) is 3.36. The summed E-state index contributed by atoms with van der Waals surface area (Å²) in [4.78, 5) is 0. The zero-order valence-corrected chi connectivity index (χ0v) is 10.4. The van der Waals surface area contributed by atoms with Gasteiger partial charge >= 0.3 is 0 Å². The van der Waals surface area contributed by atoms with E-state index in [0.717, 1.165) is 6.42 Å². The molecule has 0 saturated heterocycles. The molecule has 0 unspecified atom stereocenters. The van der Waals surface area contributed by atoms with Crippen LogP contribution in [0.1, 0.15) is 13.3 Å². The first-order chi connectivity index (χ1) is 7.12. The lowest BCUT2D eigenvalue weighted by molar-refractivity contribution is 0.419. The van der Waals surface area contributed by atoms with E-state index in [2.05, 4.69) is 0 Å². The molecular formula is C9H16N2O2S2. The fraction of sp³-hybridized carbons (Fsp3) is 0.556. The molecule has 4 nitrogen and oxygen atoms in total. The van der Waals surface area contributed by atoms with Gasteiger partial charge < -0.3 is 5.73 Å². The molecule has 1 rings (SSSR count). The summed E-state index contributed by atoms with van der Waals surface area (Å²) in [5.41, 5.74) is 5.41. The van der Waals surface area contributed by atoms with E-state index in [1.807, 2.05) is 6.92 Å². The average molecular weight is 248 g/mol. The van der Waals surface area contributed by atoms with Crippen molar-refractivity contribution in [3.8, 4) is 0 Å². The van der Waals surface area contributed by atoms with Gasteiger partial charge in [0.05, 0.1) is 0 Å². The van der Waals surface area contributed by atoms with Gasteiger partial charge in [0.2, 0.25) is 0 Å². The van der Waals surface area contributed by atoms with Crippen molar-refractivity contribution in [1.82, 2.24) is 4.31 Å². The van der Waals surface area contributed by atoms with Crippen LogP contribution in [0.2, 0.25) is 0 Å². The van der Waals surface area contributed by atoms with Gasteiger partial charge in [0.25, 0.3) is 10.0 Å². The first-order valence-electron chi connectivity index (χ1n) is 4.86. The van der Waals surface area contributed by atoms with Crippen molar-refractivity contribution in [1.29, 1.82) is 0 Å². The van der Waals surface area contributed by atoms with Gasteiger partial charge in [-0.05, 0) is 17.9 Å². The van der Waals surface area contributed by atoms with Crippen molar-refractivity contribution in [3.05, 3.63) is 17.5 Å². The molecule has 0 bridgehead atoms. The molecule has 0 amide bonds. The molecule has 0 radical (unpaired) electrons. The summed E-state index contributed by atoms with van der Waals surface area (Å²) >= 11 is 1.24. The molecule has 0 saturated carbocycles. The van der Waals surface area contributed by atoms with Gasteiger partial charge in [0.1, 0.15) is 4.21 Å². The van der Waals surface area contributed by atoms with Gasteiger partial charge in [0, 0.05) is 19.6 Å². The van der Waals surface area contributed by atoms with Crippen molar-refractivity contribution in [2.75, 3.05) is 19.6 Å². The molecule has 1 heterocycles. The predicted molar refractivity (Wildman–Crippen MR) is 62.4 cm³/mol. The molecule has 0 spiro atoms. The highest BCUT2D eigenvalue weighted by Crippen LogP contribution is 2.20. The SMILES string of the molecule is CCCN(CCN)S(=O)(=O)c1cccs1. The molecule has 0 aliphatic carbocycles. The molecule has 0 aliphatic heterocycles. The minimum absolute atomic E-state index is 0.352. The zero-order valence-electron chi connectivity index (χ0n) is 8.72. The van der Waals surface area contributed by atoms with Crippen molar-refractivity contribution in [2.24, 2.45) is 5.73 Å². The molecule has 0 aromatic carbocycles. The van der Waals surface area contributed by atoms with Crippen LogP contribution >= 0.6 is 11.3 Å². The average Bonchev–Trinajstić information content (AvgIpc) is 2.70. The Bertz CT molecular complexity index is 367. The maximum Gasteiger partial charge on any atom is 0.252 e. The monoisotopic (exact) mass is 248 g/mol. The summed E-state index contributed by atoms with van der Waals surface area (Å²) in [6.45, 7) is 3.21. The first-order valence-corrected chi connectivity index (χ1v) is 7.18. The van der Waals surface area contributed by atoms with Crippen molar-refractivity contribution in [3.63, 3.8) is 0 Å². The van der Waals surface area contributed by atoms with E-state index < -0.39 is 10.0 Å². The lowest BCUT2D eigenvalue weighted by atomic mass is 10.5. The molecule has 0 atom stereocenters. The highest BCUT2D eigenvalue weighted by molar-refractivity contribution is 7.91. The van der Waals surface area contributed by atoms with Gasteiger partial charge in [-0.1, -0.05) is 13.0 Å². The summed E-state index contributed by atoms with van der Waals surface area (Å²) in [5.74, 6) is 0. The smallest absolute Gasteiger partial charge is 0.252 e. The van der Waals surface area contributed by atoms with Gasteiger partial charge in [-0.3, -0.25) is 0 Å². The number of nitrogens with two attached hydrogens (primary N) is 1. The van der Waals surface area contributed by atoms with Crippen LogP contribution in [0, 0.1) is 0 Å². The Kier molecular flexibility index (Phi) is 4.72. The number of thiophene rings is 1. The lowest BCUT2D eigenvalue weighted by Crippen LogP contribution is -2.35. The van der Waals surface area contributed by atoms with Crippen LogP contribution < -0.4 is 5.73 Å². The second-order valence-corrected chi connectivity index (χ2v) is 6.24. The van der Waals surface area contributed by atoms with Crippen LogP contribution in [0.5, 0.6) is 0 Å². The summed E-state index contributed by atoms with van der Waals surface area (Å²) in [6.07, 6.45) is 0.796. The fourth-order valence-corrected chi connectivity index (χ4v) is 3.97. The van der Waals surface area contributed by atoms with Crippen LogP contribution in [0.4, 0.5) is 0 Å². The van der Waals surface area contributed by atoms with E-state index in [0.29, 0.717) is 23.8 Å². The molecule has 1 aromatic heterocycles. The molecular weight excluding hydrogens is 232 g/mol. The summed E-state index contributed by atoms with van der Waals surface area (Å²) < 4.78 is 25.9. The number of sulfonamides is 1. The predicted octanol–water partition coefficient (Wildman–Crippen LogP) is 1.11. The van der Waals surface area contributed by atoms with Crippen LogP contribution in [0.15, 0.2) is 21.7 Å². The molecule has 0 fully saturated rings. The van der Waals surface area contributed by atoms with E-state index in [9.17, 15) is 8.42 Å². The molecule has 6 heteroatoms. The second kappa shape index (κ2) is 5.60. The van der Waals surface area contributed by atoms with Crippen molar-refractivity contribution >= 4 is 21.4 Å². The third kappa shape index (κ3) is 3.01. The maximum atomic E-state index is 12.1. The first kappa shape index (κ1) is 12.6. The van der Waals surface area contributed by atoms with Gasteiger partial charge in [-0.15, -0.1) is 11.3 Å². The topological polar surface area (TPSA) is 63.4 Å². The minimum atomic E-state index is -3.31. The molecule has 1 aromatic rings. The number of hydrogen-bond acceptors (Lipinski definition) is 4. The lowest BCUT2D eigenvalue weighted by Gasteiger charge is -2.19. The van der Waals surface area contributed by atoms with Gasteiger partial charge in [-0.2, -0.15) is 4.31 Å². The number of hydrogen-bond donors (Lipinski definition) is 1. The summed E-state index contributed by atoms with van der Waals surface area (Å²) in [7, 11) is -3.31.